The van der Waals surface area contributed by atoms with Gasteiger partial charge in [-0.15, -0.1) is 0 Å². The molecule has 0 saturated heterocycles. The number of carbonyl (C=O) groups is 1. The van der Waals surface area contributed by atoms with Crippen molar-refractivity contribution in [2.24, 2.45) is 0 Å². The first-order valence-corrected chi connectivity index (χ1v) is 6.52. The monoisotopic (exact) mass is 256 g/mol. The van der Waals surface area contributed by atoms with Crippen LogP contribution >= 0.6 is 0 Å². The summed E-state index contributed by atoms with van der Waals surface area (Å²) >= 11 is 0. The predicted octanol–water partition coefficient (Wildman–Crippen LogP) is 2.82. The van der Waals surface area contributed by atoms with Crippen LogP contribution in [0.25, 0.3) is 11.4 Å². The van der Waals surface area contributed by atoms with Gasteiger partial charge in [0.05, 0.1) is 11.6 Å². The van der Waals surface area contributed by atoms with E-state index in [1.54, 1.807) is 6.20 Å². The van der Waals surface area contributed by atoms with Crippen LogP contribution in [0.2, 0.25) is 0 Å². The Morgan fingerprint density at radius 2 is 2.21 bits per heavy atom. The molecule has 0 aliphatic carbocycles. The smallest absolute Gasteiger partial charge is 0.312 e. The van der Waals surface area contributed by atoms with Gasteiger partial charge in [-0.25, -0.2) is 4.98 Å². The highest BCUT2D eigenvalue weighted by Gasteiger charge is 2.29. The Labute approximate surface area is 111 Å². The van der Waals surface area contributed by atoms with Crippen LogP contribution in [-0.4, -0.2) is 20.6 Å². The van der Waals surface area contributed by atoms with Gasteiger partial charge in [-0.3, -0.25) is 4.79 Å². The van der Waals surface area contributed by atoms with Gasteiger partial charge < -0.3 is 9.67 Å². The van der Waals surface area contributed by atoms with E-state index in [0.717, 1.165) is 35.6 Å². The molecule has 0 fully saturated rings. The molecule has 4 nitrogen and oxygen atoms in total. The molecule has 1 aromatic heterocycles. The molecule has 0 amide bonds. The fraction of sp³-hybridized carbons (Fsp3) is 0.333. The first kappa shape index (κ1) is 12.0. The summed E-state index contributed by atoms with van der Waals surface area (Å²) in [5.41, 5.74) is 3.07. The molecule has 0 bridgehead atoms. The zero-order valence-corrected chi connectivity index (χ0v) is 10.8. The van der Waals surface area contributed by atoms with Gasteiger partial charge in [0.2, 0.25) is 0 Å². The Morgan fingerprint density at radius 1 is 1.42 bits per heavy atom. The van der Waals surface area contributed by atoms with Gasteiger partial charge in [0.1, 0.15) is 5.82 Å². The molecule has 1 unspecified atom stereocenters. The van der Waals surface area contributed by atoms with E-state index in [1.807, 2.05) is 18.2 Å². The maximum atomic E-state index is 11.3. The zero-order chi connectivity index (χ0) is 13.4. The highest BCUT2D eigenvalue weighted by Crippen LogP contribution is 2.32. The Hall–Kier alpha value is -2.10. The third kappa shape index (κ3) is 1.93. The third-order valence-electron chi connectivity index (χ3n) is 3.80. The van der Waals surface area contributed by atoms with Crippen LogP contribution in [0, 0.1) is 6.92 Å². The van der Waals surface area contributed by atoms with Crippen LogP contribution in [0.1, 0.15) is 30.0 Å². The number of aliphatic carboxylic acids is 1. The lowest BCUT2D eigenvalue weighted by molar-refractivity contribution is -0.139. The van der Waals surface area contributed by atoms with E-state index in [-0.39, 0.29) is 0 Å². The Kier molecular flexibility index (Phi) is 2.85. The number of imidazole rings is 1. The molecule has 1 N–H and O–H groups in total. The van der Waals surface area contributed by atoms with E-state index in [2.05, 4.69) is 22.5 Å². The van der Waals surface area contributed by atoms with Crippen molar-refractivity contribution in [3.05, 3.63) is 41.7 Å². The maximum Gasteiger partial charge on any atom is 0.312 e. The van der Waals surface area contributed by atoms with Gasteiger partial charge in [0.15, 0.2) is 0 Å². The summed E-state index contributed by atoms with van der Waals surface area (Å²) in [6, 6.07) is 8.07. The van der Waals surface area contributed by atoms with Crippen LogP contribution in [0.5, 0.6) is 0 Å². The summed E-state index contributed by atoms with van der Waals surface area (Å²) in [7, 11) is 0. The van der Waals surface area contributed by atoms with Crippen molar-refractivity contribution >= 4 is 5.97 Å². The van der Waals surface area contributed by atoms with Crippen LogP contribution in [0.3, 0.4) is 0 Å². The van der Waals surface area contributed by atoms with Crippen molar-refractivity contribution in [3.8, 4) is 11.4 Å². The number of hydrogen-bond acceptors (Lipinski definition) is 2. The molecule has 4 heteroatoms. The van der Waals surface area contributed by atoms with Crippen molar-refractivity contribution in [1.82, 2.24) is 9.55 Å². The van der Waals surface area contributed by atoms with Crippen LogP contribution in [0.4, 0.5) is 0 Å². The summed E-state index contributed by atoms with van der Waals surface area (Å²) in [5.74, 6) is -0.282. The van der Waals surface area contributed by atoms with Gasteiger partial charge in [0.25, 0.3) is 0 Å². The van der Waals surface area contributed by atoms with Crippen molar-refractivity contribution in [2.45, 2.75) is 32.2 Å². The molecule has 1 atom stereocenters. The van der Waals surface area contributed by atoms with Crippen LogP contribution in [-0.2, 0) is 11.3 Å². The van der Waals surface area contributed by atoms with E-state index in [9.17, 15) is 9.90 Å². The molecule has 1 aromatic carbocycles. The van der Waals surface area contributed by atoms with E-state index in [4.69, 9.17) is 0 Å². The number of aromatic nitrogens is 2. The lowest BCUT2D eigenvalue weighted by Gasteiger charge is -2.22. The van der Waals surface area contributed by atoms with Crippen molar-refractivity contribution in [1.29, 1.82) is 0 Å². The predicted molar refractivity (Wildman–Crippen MR) is 72.0 cm³/mol. The van der Waals surface area contributed by atoms with Gasteiger partial charge in [-0.05, 0) is 25.3 Å². The molecule has 0 spiro atoms. The van der Waals surface area contributed by atoms with Crippen molar-refractivity contribution < 1.29 is 9.90 Å². The fourth-order valence-electron chi connectivity index (χ4n) is 2.79. The highest BCUT2D eigenvalue weighted by atomic mass is 16.4. The maximum absolute atomic E-state index is 11.3. The first-order chi connectivity index (χ1) is 9.18. The highest BCUT2D eigenvalue weighted by molar-refractivity contribution is 5.76. The standard InChI is InChI=1S/C15H16N2O2/c1-10-5-2-3-6-11(10)14-16-9-13-12(15(18)19)7-4-8-17(13)14/h2-3,5-6,9,12H,4,7-8H2,1H3,(H,18,19). The first-order valence-electron chi connectivity index (χ1n) is 6.52. The minimum absolute atomic E-state index is 0.418. The average molecular weight is 256 g/mol. The second kappa shape index (κ2) is 4.53. The van der Waals surface area contributed by atoms with Crippen molar-refractivity contribution in [3.63, 3.8) is 0 Å². The minimum Gasteiger partial charge on any atom is -0.481 e. The second-order valence-corrected chi connectivity index (χ2v) is 5.01. The topological polar surface area (TPSA) is 55.1 Å². The number of hydrogen-bond donors (Lipinski definition) is 1. The number of benzene rings is 1. The molecular weight excluding hydrogens is 240 g/mol. The van der Waals surface area contributed by atoms with E-state index in [0.29, 0.717) is 6.42 Å². The lowest BCUT2D eigenvalue weighted by Crippen LogP contribution is -2.21. The SMILES string of the molecule is Cc1ccccc1-c1ncc2n1CCCC2C(=O)O. The van der Waals surface area contributed by atoms with Crippen molar-refractivity contribution in [2.75, 3.05) is 0 Å². The number of fused-ring (bicyclic) bond motifs is 1. The molecular formula is C15H16N2O2. The van der Waals surface area contributed by atoms with Gasteiger partial charge in [-0.1, -0.05) is 24.3 Å². The molecule has 3 rings (SSSR count). The molecule has 1 aliphatic rings. The summed E-state index contributed by atoms with van der Waals surface area (Å²) in [6.07, 6.45) is 3.31. The largest absolute Gasteiger partial charge is 0.481 e. The van der Waals surface area contributed by atoms with Gasteiger partial charge >= 0.3 is 5.97 Å². The third-order valence-corrected chi connectivity index (χ3v) is 3.80. The fourth-order valence-corrected chi connectivity index (χ4v) is 2.79. The van der Waals surface area contributed by atoms with Gasteiger partial charge in [0, 0.05) is 18.3 Å². The van der Waals surface area contributed by atoms with E-state index < -0.39 is 11.9 Å². The quantitative estimate of drug-likeness (QED) is 0.898. The van der Waals surface area contributed by atoms with Crippen LogP contribution < -0.4 is 0 Å². The Morgan fingerprint density at radius 3 is 2.95 bits per heavy atom. The second-order valence-electron chi connectivity index (χ2n) is 5.01. The van der Waals surface area contributed by atoms with E-state index in [1.165, 1.54) is 0 Å². The number of aryl methyl sites for hydroxylation is 1. The van der Waals surface area contributed by atoms with Crippen LogP contribution in [0.15, 0.2) is 30.5 Å². The molecule has 98 valence electrons. The average Bonchev–Trinajstić information content (AvgIpc) is 2.82. The zero-order valence-electron chi connectivity index (χ0n) is 10.8. The molecule has 2 heterocycles. The molecule has 0 radical (unpaired) electrons. The normalized spacial score (nSPS) is 18.1. The lowest BCUT2D eigenvalue weighted by atomic mass is 9.96. The summed E-state index contributed by atoms with van der Waals surface area (Å²) < 4.78 is 2.06. The summed E-state index contributed by atoms with van der Waals surface area (Å²) in [6.45, 7) is 2.90. The number of carboxylic acids is 1. The number of carboxylic acid groups (broad SMARTS) is 1. The molecule has 19 heavy (non-hydrogen) atoms. The summed E-state index contributed by atoms with van der Waals surface area (Å²) in [4.78, 5) is 15.7. The molecule has 0 saturated carbocycles. The molecule has 1 aliphatic heterocycles. The Balaban J connectivity index is 2.11. The van der Waals surface area contributed by atoms with Gasteiger partial charge in [-0.2, -0.15) is 0 Å². The minimum atomic E-state index is -0.753. The van der Waals surface area contributed by atoms with E-state index >= 15 is 0 Å². The summed E-state index contributed by atoms with van der Waals surface area (Å²) in [5, 5.41) is 9.28. The molecule has 2 aromatic rings. The number of nitrogens with zero attached hydrogens (tertiary/aromatic N) is 2. The Bertz CT molecular complexity index is 631. The number of rotatable bonds is 2.